The Balaban J connectivity index is 1.34. The predicted octanol–water partition coefficient (Wildman–Crippen LogP) is 6.19. The number of aryl methyl sites for hydroxylation is 1. The van der Waals surface area contributed by atoms with Crippen LogP contribution >= 0.6 is 11.6 Å². The van der Waals surface area contributed by atoms with E-state index in [2.05, 4.69) is 11.2 Å². The van der Waals surface area contributed by atoms with E-state index in [0.717, 1.165) is 31.4 Å². The number of alkyl halides is 3. The number of amides is 1. The van der Waals surface area contributed by atoms with Gasteiger partial charge in [-0.05, 0) is 76.1 Å². The topological polar surface area (TPSA) is 115 Å². The van der Waals surface area contributed by atoms with Gasteiger partial charge in [0.25, 0.3) is 0 Å². The Bertz CT molecular complexity index is 1540. The van der Waals surface area contributed by atoms with Crippen LogP contribution in [0, 0.1) is 23.7 Å². The van der Waals surface area contributed by atoms with Crippen LogP contribution in [0.5, 0.6) is 0 Å². The summed E-state index contributed by atoms with van der Waals surface area (Å²) in [4.78, 5) is 14.3. The SMILES string of the molecule is Cc1nn(Cc2cc(Cl)cc(C(F)(F)F)c2)cc1-c1nn(C2CC3(CCN(C(=O)OC(C)(C)C)C3)C2)c(N)c1C#N. The van der Waals surface area contributed by atoms with Gasteiger partial charge < -0.3 is 15.4 Å². The number of rotatable bonds is 4. The number of nitrogens with zero attached hydrogens (tertiary/aromatic N) is 6. The van der Waals surface area contributed by atoms with Crippen molar-refractivity contribution < 1.29 is 22.7 Å². The van der Waals surface area contributed by atoms with Crippen molar-refractivity contribution in [1.29, 1.82) is 5.26 Å². The standard InChI is InChI=1S/C28H31ClF3N7O2/c1-16-22(14-38(35-16)13-17-7-18(28(30,31)32)9-19(29)8-17)23-21(12-33)24(34)39(36-23)20-10-27(11-20)5-6-37(15-27)25(40)41-26(2,3)4/h7-9,14,20H,5-6,10-11,13,15,34H2,1-4H3. The van der Waals surface area contributed by atoms with Crippen molar-refractivity contribution in [3.63, 3.8) is 0 Å². The number of nitrogens with two attached hydrogens (primary N) is 1. The molecule has 1 saturated heterocycles. The van der Waals surface area contributed by atoms with Crippen LogP contribution in [0.1, 0.15) is 68.5 Å². The second-order valence-corrected chi connectivity index (χ2v) is 12.5. The van der Waals surface area contributed by atoms with E-state index < -0.39 is 17.3 Å². The number of benzene rings is 1. The monoisotopic (exact) mass is 589 g/mol. The summed E-state index contributed by atoms with van der Waals surface area (Å²) in [6.07, 6.45) is -0.815. The van der Waals surface area contributed by atoms with Crippen LogP contribution in [0.3, 0.4) is 0 Å². The van der Waals surface area contributed by atoms with Gasteiger partial charge in [0.1, 0.15) is 28.7 Å². The summed E-state index contributed by atoms with van der Waals surface area (Å²) < 4.78 is 48.5. The number of nitriles is 1. The molecule has 2 N–H and O–H groups in total. The highest BCUT2D eigenvalue weighted by atomic mass is 35.5. The third kappa shape index (κ3) is 5.73. The van der Waals surface area contributed by atoms with Gasteiger partial charge in [0.2, 0.25) is 0 Å². The summed E-state index contributed by atoms with van der Waals surface area (Å²) in [5, 5.41) is 19.1. The minimum atomic E-state index is -4.52. The zero-order valence-electron chi connectivity index (χ0n) is 23.2. The Labute approximate surface area is 240 Å². The summed E-state index contributed by atoms with van der Waals surface area (Å²) in [7, 11) is 0. The zero-order valence-corrected chi connectivity index (χ0v) is 24.0. The maximum absolute atomic E-state index is 13.3. The molecule has 1 aromatic carbocycles. The highest BCUT2D eigenvalue weighted by Gasteiger charge is 2.51. The van der Waals surface area contributed by atoms with Crippen molar-refractivity contribution in [1.82, 2.24) is 24.5 Å². The van der Waals surface area contributed by atoms with Crippen LogP contribution < -0.4 is 5.73 Å². The van der Waals surface area contributed by atoms with Crippen LogP contribution in [0.2, 0.25) is 5.02 Å². The van der Waals surface area contributed by atoms with Crippen LogP contribution in [0.15, 0.2) is 24.4 Å². The lowest BCUT2D eigenvalue weighted by molar-refractivity contribution is -0.137. The van der Waals surface area contributed by atoms with Gasteiger partial charge in [-0.15, -0.1) is 0 Å². The molecule has 1 spiro atoms. The number of halogens is 4. The van der Waals surface area contributed by atoms with Crippen LogP contribution in [0.25, 0.3) is 11.3 Å². The molecule has 5 rings (SSSR count). The molecule has 1 aliphatic carbocycles. The lowest BCUT2D eigenvalue weighted by atomic mass is 9.65. The van der Waals surface area contributed by atoms with E-state index in [4.69, 9.17) is 27.2 Å². The summed E-state index contributed by atoms with van der Waals surface area (Å²) >= 11 is 5.94. The molecule has 2 aliphatic rings. The molecular formula is C28H31ClF3N7O2. The number of hydrogen-bond donors (Lipinski definition) is 1. The smallest absolute Gasteiger partial charge is 0.416 e. The number of hydrogen-bond acceptors (Lipinski definition) is 6. The number of ether oxygens (including phenoxy) is 1. The Morgan fingerprint density at radius 3 is 2.59 bits per heavy atom. The van der Waals surface area contributed by atoms with Crippen molar-refractivity contribution in [3.8, 4) is 17.3 Å². The van der Waals surface area contributed by atoms with Crippen molar-refractivity contribution in [2.75, 3.05) is 18.8 Å². The van der Waals surface area contributed by atoms with Gasteiger partial charge in [0.05, 0.1) is 23.8 Å². The van der Waals surface area contributed by atoms with Crippen LogP contribution in [-0.2, 0) is 17.5 Å². The van der Waals surface area contributed by atoms with Gasteiger partial charge >= 0.3 is 12.3 Å². The van der Waals surface area contributed by atoms with E-state index in [1.165, 1.54) is 10.7 Å². The first kappa shape index (κ1) is 28.8. The molecular weight excluding hydrogens is 559 g/mol. The van der Waals surface area contributed by atoms with E-state index in [0.29, 0.717) is 35.6 Å². The number of carbonyl (C=O) groups is 1. The molecule has 0 radical (unpaired) electrons. The fourth-order valence-corrected chi connectivity index (χ4v) is 6.07. The molecule has 1 amide bonds. The first-order chi connectivity index (χ1) is 19.1. The van der Waals surface area contributed by atoms with Crippen LogP contribution in [-0.4, -0.2) is 49.2 Å². The van der Waals surface area contributed by atoms with E-state index in [1.54, 1.807) is 22.7 Å². The molecule has 13 heteroatoms. The maximum Gasteiger partial charge on any atom is 0.416 e. The highest BCUT2D eigenvalue weighted by molar-refractivity contribution is 6.30. The minimum Gasteiger partial charge on any atom is -0.444 e. The molecule has 218 valence electrons. The Kier molecular flexibility index (Phi) is 7.01. The average Bonchev–Trinajstić information content (AvgIpc) is 3.51. The molecule has 41 heavy (non-hydrogen) atoms. The average molecular weight is 590 g/mol. The zero-order chi connectivity index (χ0) is 29.9. The van der Waals surface area contributed by atoms with Crippen molar-refractivity contribution in [2.45, 2.75) is 71.3 Å². The van der Waals surface area contributed by atoms with E-state index in [1.807, 2.05) is 20.8 Å². The number of nitrogen functional groups attached to an aromatic ring is 1. The summed E-state index contributed by atoms with van der Waals surface area (Å²) in [6, 6.07) is 5.50. The number of anilines is 1. The molecule has 9 nitrogen and oxygen atoms in total. The van der Waals surface area contributed by atoms with E-state index in [-0.39, 0.29) is 40.5 Å². The number of aromatic nitrogens is 4. The maximum atomic E-state index is 13.3. The third-order valence-corrected chi connectivity index (χ3v) is 7.88. The summed E-state index contributed by atoms with van der Waals surface area (Å²) in [5.41, 5.74) is 7.00. The second-order valence-electron chi connectivity index (χ2n) is 12.1. The number of carbonyl (C=O) groups excluding carboxylic acids is 1. The Hall–Kier alpha value is -3.72. The molecule has 0 bridgehead atoms. The fourth-order valence-electron chi connectivity index (χ4n) is 5.81. The predicted molar refractivity (Wildman–Crippen MR) is 146 cm³/mol. The van der Waals surface area contributed by atoms with E-state index >= 15 is 0 Å². The first-order valence-corrected chi connectivity index (χ1v) is 13.6. The minimum absolute atomic E-state index is 0.0213. The van der Waals surface area contributed by atoms with E-state index in [9.17, 15) is 23.2 Å². The first-order valence-electron chi connectivity index (χ1n) is 13.2. The largest absolute Gasteiger partial charge is 0.444 e. The lowest BCUT2D eigenvalue weighted by Crippen LogP contribution is -2.43. The Morgan fingerprint density at radius 2 is 1.95 bits per heavy atom. The van der Waals surface area contributed by atoms with Crippen LogP contribution in [0.4, 0.5) is 23.8 Å². The quantitative estimate of drug-likeness (QED) is 0.388. The molecule has 0 atom stereocenters. The number of likely N-dealkylation sites (tertiary alicyclic amines) is 1. The van der Waals surface area contributed by atoms with Gasteiger partial charge in [0, 0.05) is 29.9 Å². The Morgan fingerprint density at radius 1 is 1.24 bits per heavy atom. The highest BCUT2D eigenvalue weighted by Crippen LogP contribution is 2.55. The molecule has 1 saturated carbocycles. The summed E-state index contributed by atoms with van der Waals surface area (Å²) in [5.74, 6) is 0.251. The fraction of sp³-hybridized carbons (Fsp3) is 0.500. The molecule has 2 fully saturated rings. The second kappa shape index (κ2) is 9.98. The van der Waals surface area contributed by atoms with Crippen molar-refractivity contribution >= 4 is 23.5 Å². The third-order valence-electron chi connectivity index (χ3n) is 7.66. The summed E-state index contributed by atoms with van der Waals surface area (Å²) in [6.45, 7) is 8.53. The van der Waals surface area contributed by atoms with Gasteiger partial charge in [-0.2, -0.15) is 28.6 Å². The molecule has 0 unspecified atom stereocenters. The lowest BCUT2D eigenvalue weighted by Gasteiger charge is -2.45. The molecule has 3 aromatic rings. The molecule has 3 heterocycles. The van der Waals surface area contributed by atoms with Gasteiger partial charge in [-0.25, -0.2) is 9.48 Å². The van der Waals surface area contributed by atoms with Crippen molar-refractivity contribution in [2.24, 2.45) is 5.41 Å². The van der Waals surface area contributed by atoms with Crippen molar-refractivity contribution in [3.05, 3.63) is 51.8 Å². The van der Waals surface area contributed by atoms with Gasteiger partial charge in [0.15, 0.2) is 0 Å². The normalized spacial score (nSPS) is 20.8. The van der Waals surface area contributed by atoms with Gasteiger partial charge in [-0.3, -0.25) is 4.68 Å². The van der Waals surface area contributed by atoms with Gasteiger partial charge in [-0.1, -0.05) is 11.6 Å². The molecule has 2 aromatic heterocycles. The molecule has 1 aliphatic heterocycles.